The van der Waals surface area contributed by atoms with Crippen molar-refractivity contribution in [3.8, 4) is 0 Å². The molecule has 0 aliphatic heterocycles. The molecule has 166 valence electrons. The molecular formula is C30H22I2N2. The fraction of sp³-hybridized carbons (Fsp3) is 0. The molecule has 0 saturated carbocycles. The third kappa shape index (κ3) is 5.13. The normalized spacial score (nSPS) is 10.6. The molecule has 0 N–H and O–H groups in total. The van der Waals surface area contributed by atoms with Gasteiger partial charge in [-0.15, -0.1) is 0 Å². The van der Waals surface area contributed by atoms with Crippen molar-refractivity contribution in [1.82, 2.24) is 0 Å². The van der Waals surface area contributed by atoms with E-state index < -0.39 is 0 Å². The highest BCUT2D eigenvalue weighted by Crippen LogP contribution is 2.38. The first-order valence-corrected chi connectivity index (χ1v) is 13.2. The van der Waals surface area contributed by atoms with Gasteiger partial charge in [-0.3, -0.25) is 0 Å². The fourth-order valence-corrected chi connectivity index (χ4v) is 4.70. The van der Waals surface area contributed by atoms with Crippen molar-refractivity contribution in [1.29, 1.82) is 0 Å². The summed E-state index contributed by atoms with van der Waals surface area (Å²) < 4.78 is 2.45. The minimum absolute atomic E-state index is 1.12. The number of rotatable bonds is 6. The summed E-state index contributed by atoms with van der Waals surface area (Å²) in [4.78, 5) is 4.58. The second kappa shape index (κ2) is 10.6. The summed E-state index contributed by atoms with van der Waals surface area (Å²) in [7, 11) is 0. The van der Waals surface area contributed by atoms with Crippen LogP contribution in [0.25, 0.3) is 0 Å². The Bertz CT molecular complexity index is 1230. The highest BCUT2D eigenvalue weighted by molar-refractivity contribution is 14.1. The lowest BCUT2D eigenvalue weighted by Crippen LogP contribution is -2.12. The maximum atomic E-state index is 2.35. The molecule has 0 saturated heterocycles. The van der Waals surface area contributed by atoms with E-state index in [1.807, 2.05) is 0 Å². The minimum atomic E-state index is 1.12. The van der Waals surface area contributed by atoms with E-state index in [0.29, 0.717) is 0 Å². The average Bonchev–Trinajstić information content (AvgIpc) is 2.89. The first kappa shape index (κ1) is 22.9. The number of hydrogen-bond donors (Lipinski definition) is 0. The van der Waals surface area contributed by atoms with E-state index in [-0.39, 0.29) is 0 Å². The van der Waals surface area contributed by atoms with Crippen molar-refractivity contribution < 1.29 is 0 Å². The number of nitrogens with zero attached hydrogens (tertiary/aromatic N) is 2. The molecule has 5 aromatic rings. The van der Waals surface area contributed by atoms with Gasteiger partial charge in [0.2, 0.25) is 0 Å². The van der Waals surface area contributed by atoms with E-state index in [2.05, 4.69) is 188 Å². The van der Waals surface area contributed by atoms with E-state index in [4.69, 9.17) is 0 Å². The van der Waals surface area contributed by atoms with Gasteiger partial charge in [-0.25, -0.2) is 0 Å². The largest absolute Gasteiger partial charge is 0.311 e. The van der Waals surface area contributed by atoms with Crippen molar-refractivity contribution in [2.45, 2.75) is 0 Å². The van der Waals surface area contributed by atoms with Crippen LogP contribution < -0.4 is 9.80 Å². The van der Waals surface area contributed by atoms with Crippen LogP contribution >= 0.6 is 45.2 Å². The second-order valence-electron chi connectivity index (χ2n) is 7.81. The molecule has 0 heterocycles. The van der Waals surface area contributed by atoms with Crippen LogP contribution in [0.5, 0.6) is 0 Å². The van der Waals surface area contributed by atoms with Crippen LogP contribution in [0.2, 0.25) is 0 Å². The lowest BCUT2D eigenvalue weighted by atomic mass is 10.1. The third-order valence-electron chi connectivity index (χ3n) is 5.56. The summed E-state index contributed by atoms with van der Waals surface area (Å²) in [6, 6.07) is 47.1. The Balaban J connectivity index is 1.57. The van der Waals surface area contributed by atoms with Crippen LogP contribution in [0, 0.1) is 7.14 Å². The summed E-state index contributed by atoms with van der Waals surface area (Å²) in [6.45, 7) is 0. The van der Waals surface area contributed by atoms with E-state index in [0.717, 1.165) is 34.1 Å². The van der Waals surface area contributed by atoms with Crippen molar-refractivity contribution in [2.75, 3.05) is 9.80 Å². The van der Waals surface area contributed by atoms with Gasteiger partial charge in [-0.2, -0.15) is 0 Å². The van der Waals surface area contributed by atoms with Gasteiger partial charge in [0, 0.05) is 41.3 Å². The van der Waals surface area contributed by atoms with Gasteiger partial charge in [0.25, 0.3) is 0 Å². The summed E-state index contributed by atoms with van der Waals surface area (Å²) in [5.41, 5.74) is 6.77. The Morgan fingerprint density at radius 2 is 0.529 bits per heavy atom. The maximum absolute atomic E-state index is 2.35. The highest BCUT2D eigenvalue weighted by atomic mass is 127. The first-order chi connectivity index (χ1) is 16.7. The molecule has 0 bridgehead atoms. The zero-order chi connectivity index (χ0) is 23.3. The molecule has 0 aromatic heterocycles. The van der Waals surface area contributed by atoms with Gasteiger partial charge in [0.15, 0.2) is 0 Å². The standard InChI is InChI=1S/C30H22I2N2/c31-23-11-15-27(16-12-23)33(25-7-3-1-4-8-25)29-19-21-30(22-20-29)34(26-9-5-2-6-10-26)28-17-13-24(32)14-18-28/h1-22H. The van der Waals surface area contributed by atoms with Crippen LogP contribution in [0.3, 0.4) is 0 Å². The summed E-state index contributed by atoms with van der Waals surface area (Å²) >= 11 is 4.70. The SMILES string of the molecule is Ic1ccc(N(c2ccccc2)c2ccc(N(c3ccccc3)c3ccc(I)cc3)cc2)cc1. The molecule has 0 radical (unpaired) electrons. The Morgan fingerprint density at radius 1 is 0.294 bits per heavy atom. The smallest absolute Gasteiger partial charge is 0.0463 e. The van der Waals surface area contributed by atoms with Crippen molar-refractivity contribution in [2.24, 2.45) is 0 Å². The number of anilines is 6. The number of halogens is 2. The number of hydrogen-bond acceptors (Lipinski definition) is 2. The maximum Gasteiger partial charge on any atom is 0.0463 e. The van der Waals surface area contributed by atoms with E-state index >= 15 is 0 Å². The average molecular weight is 664 g/mol. The number of benzene rings is 5. The van der Waals surface area contributed by atoms with Crippen molar-refractivity contribution in [3.05, 3.63) is 141 Å². The summed E-state index contributed by atoms with van der Waals surface area (Å²) in [6.07, 6.45) is 0. The molecule has 0 spiro atoms. The Morgan fingerprint density at radius 3 is 0.824 bits per heavy atom. The molecule has 0 aliphatic rings. The highest BCUT2D eigenvalue weighted by Gasteiger charge is 2.15. The molecule has 0 amide bonds. The second-order valence-corrected chi connectivity index (χ2v) is 10.3. The minimum Gasteiger partial charge on any atom is -0.311 e. The van der Waals surface area contributed by atoms with Gasteiger partial charge in [0.1, 0.15) is 0 Å². The topological polar surface area (TPSA) is 6.48 Å². The molecule has 34 heavy (non-hydrogen) atoms. The molecule has 0 unspecified atom stereocenters. The summed E-state index contributed by atoms with van der Waals surface area (Å²) in [5, 5.41) is 0. The predicted molar refractivity (Wildman–Crippen MR) is 161 cm³/mol. The van der Waals surface area contributed by atoms with E-state index in [9.17, 15) is 0 Å². The molecule has 0 fully saturated rings. The fourth-order valence-electron chi connectivity index (χ4n) is 3.98. The van der Waals surface area contributed by atoms with Crippen LogP contribution in [0.1, 0.15) is 0 Å². The molecule has 2 nitrogen and oxygen atoms in total. The molecule has 0 atom stereocenters. The van der Waals surface area contributed by atoms with Crippen molar-refractivity contribution in [3.63, 3.8) is 0 Å². The molecule has 5 rings (SSSR count). The van der Waals surface area contributed by atoms with Crippen molar-refractivity contribution >= 4 is 79.3 Å². The van der Waals surface area contributed by atoms with Gasteiger partial charge in [-0.1, -0.05) is 36.4 Å². The zero-order valence-corrected chi connectivity index (χ0v) is 22.7. The van der Waals surface area contributed by atoms with Crippen LogP contribution in [0.15, 0.2) is 133 Å². The van der Waals surface area contributed by atoms with Gasteiger partial charge in [-0.05, 0) is 142 Å². The van der Waals surface area contributed by atoms with Gasteiger partial charge in [0.05, 0.1) is 0 Å². The quantitative estimate of drug-likeness (QED) is 0.167. The Labute approximate surface area is 228 Å². The molecular weight excluding hydrogens is 642 g/mol. The van der Waals surface area contributed by atoms with Crippen LogP contribution in [0.4, 0.5) is 34.1 Å². The predicted octanol–water partition coefficient (Wildman–Crippen LogP) is 9.84. The lowest BCUT2D eigenvalue weighted by molar-refractivity contribution is 1.25. The van der Waals surface area contributed by atoms with Crippen LogP contribution in [-0.4, -0.2) is 0 Å². The van der Waals surface area contributed by atoms with Gasteiger partial charge < -0.3 is 9.80 Å². The van der Waals surface area contributed by atoms with Crippen LogP contribution in [-0.2, 0) is 0 Å². The Kier molecular flexibility index (Phi) is 7.16. The Hall–Kier alpha value is -2.84. The summed E-state index contributed by atoms with van der Waals surface area (Å²) in [5.74, 6) is 0. The van der Waals surface area contributed by atoms with E-state index in [1.54, 1.807) is 0 Å². The van der Waals surface area contributed by atoms with Gasteiger partial charge >= 0.3 is 0 Å². The number of para-hydroxylation sites is 2. The molecule has 4 heteroatoms. The van der Waals surface area contributed by atoms with E-state index in [1.165, 1.54) is 7.14 Å². The monoisotopic (exact) mass is 664 g/mol. The molecule has 0 aliphatic carbocycles. The lowest BCUT2D eigenvalue weighted by Gasteiger charge is -2.28. The zero-order valence-electron chi connectivity index (χ0n) is 18.4. The first-order valence-electron chi connectivity index (χ1n) is 11.0. The molecule has 5 aromatic carbocycles. The third-order valence-corrected chi connectivity index (χ3v) is 7.00.